The lowest BCUT2D eigenvalue weighted by molar-refractivity contribution is -0.0533. The number of nitrogens with zero attached hydrogens (tertiary/aromatic N) is 1. The summed E-state index contributed by atoms with van der Waals surface area (Å²) >= 11 is 0. The predicted molar refractivity (Wildman–Crippen MR) is 39.7 cm³/mol. The van der Waals surface area contributed by atoms with Crippen molar-refractivity contribution in [3.8, 4) is 0 Å². The average molecular weight is 202 g/mol. The second-order valence-corrected chi connectivity index (χ2v) is 3.37. The van der Waals surface area contributed by atoms with Crippen LogP contribution in [0, 0.1) is 0 Å². The van der Waals surface area contributed by atoms with Crippen LogP contribution in [0.25, 0.3) is 0 Å². The molecule has 0 radical (unpaired) electrons. The molecule has 0 aromatic rings. The Balaban J connectivity index is 2.34. The Morgan fingerprint density at radius 2 is 1.54 bits per heavy atom. The molecule has 0 N–H and O–H groups in total. The molecule has 1 nitrogen and oxygen atoms in total. The van der Waals surface area contributed by atoms with Crippen LogP contribution in [0.3, 0.4) is 0 Å². The topological polar surface area (TPSA) is 3.24 Å². The highest BCUT2D eigenvalue weighted by molar-refractivity contribution is 6.58. The van der Waals surface area contributed by atoms with Crippen LogP contribution in [0.4, 0.5) is 21.7 Å². The quantitative estimate of drug-likeness (QED) is 0.489. The summed E-state index contributed by atoms with van der Waals surface area (Å²) in [6.07, 6.45) is -1.94. The first-order valence-corrected chi connectivity index (χ1v) is 4.10. The van der Waals surface area contributed by atoms with Gasteiger partial charge in [0, 0.05) is 25.9 Å². The molecular weight excluding hydrogens is 192 g/mol. The average Bonchev–Trinajstić information content (AvgIpc) is 1.91. The summed E-state index contributed by atoms with van der Waals surface area (Å²) in [6, 6.07) is 0. The van der Waals surface area contributed by atoms with Crippen molar-refractivity contribution in [2.45, 2.75) is 18.8 Å². The van der Waals surface area contributed by atoms with E-state index in [1.807, 2.05) is 0 Å². The van der Waals surface area contributed by atoms with Crippen molar-refractivity contribution in [3.63, 3.8) is 0 Å². The summed E-state index contributed by atoms with van der Waals surface area (Å²) in [5, 5.41) is 0. The molecule has 1 aliphatic rings. The third kappa shape index (κ3) is 3.93. The first-order valence-electron chi connectivity index (χ1n) is 4.10. The molecule has 1 heterocycles. The van der Waals surface area contributed by atoms with Gasteiger partial charge in [0.25, 0.3) is 5.92 Å². The molecule has 1 aliphatic heterocycles. The van der Waals surface area contributed by atoms with Crippen LogP contribution in [-0.2, 0) is 0 Å². The van der Waals surface area contributed by atoms with Crippen molar-refractivity contribution >= 4 is 6.98 Å². The summed E-state index contributed by atoms with van der Waals surface area (Å²) in [4.78, 5) is 1.04. The fraction of sp³-hybridized carbons (Fsp3) is 1.00. The van der Waals surface area contributed by atoms with Gasteiger partial charge in [0.1, 0.15) is 0 Å². The maximum absolute atomic E-state index is 12.5. The van der Waals surface area contributed by atoms with E-state index in [1.165, 1.54) is 0 Å². The second-order valence-electron chi connectivity index (χ2n) is 3.37. The number of hydrogen-bond donors (Lipinski definition) is 0. The number of hydrogen-bond acceptors (Lipinski definition) is 1. The van der Waals surface area contributed by atoms with Crippen LogP contribution in [0.5, 0.6) is 0 Å². The van der Waals surface area contributed by atoms with Crippen molar-refractivity contribution in [1.29, 1.82) is 0 Å². The van der Waals surface area contributed by atoms with Gasteiger partial charge in [0.05, 0.1) is 0 Å². The molecule has 0 aromatic heterocycles. The van der Waals surface area contributed by atoms with Crippen molar-refractivity contribution in [2.75, 3.05) is 19.5 Å². The summed E-state index contributed by atoms with van der Waals surface area (Å²) in [5.41, 5.74) is 0. The highest BCUT2D eigenvalue weighted by atomic mass is 19.4. The molecule has 0 unspecified atom stereocenters. The molecule has 1 rings (SSSR count). The van der Waals surface area contributed by atoms with Crippen LogP contribution < -0.4 is 0 Å². The molecular formula is C6H10BF5N-. The fourth-order valence-corrected chi connectivity index (χ4v) is 1.36. The van der Waals surface area contributed by atoms with E-state index >= 15 is 0 Å². The number of alkyl halides is 2. The van der Waals surface area contributed by atoms with Gasteiger partial charge in [-0.15, -0.1) is 0 Å². The highest BCUT2D eigenvalue weighted by Gasteiger charge is 2.36. The molecule has 78 valence electrons. The van der Waals surface area contributed by atoms with Crippen LogP contribution >= 0.6 is 0 Å². The molecule has 0 aromatic carbocycles. The van der Waals surface area contributed by atoms with E-state index in [4.69, 9.17) is 0 Å². The molecule has 7 heteroatoms. The van der Waals surface area contributed by atoms with Gasteiger partial charge in [-0.2, -0.15) is 0 Å². The molecule has 0 saturated carbocycles. The number of rotatable bonds is 2. The van der Waals surface area contributed by atoms with Gasteiger partial charge in [-0.25, -0.2) is 8.78 Å². The van der Waals surface area contributed by atoms with E-state index < -0.39 is 32.2 Å². The zero-order chi connectivity index (χ0) is 10.1. The van der Waals surface area contributed by atoms with Crippen molar-refractivity contribution < 1.29 is 21.7 Å². The first kappa shape index (κ1) is 10.8. The van der Waals surface area contributed by atoms with Crippen LogP contribution in [-0.4, -0.2) is 37.3 Å². The van der Waals surface area contributed by atoms with Crippen molar-refractivity contribution in [3.05, 3.63) is 0 Å². The summed E-state index contributed by atoms with van der Waals surface area (Å²) in [6.45, 7) is -5.20. The maximum Gasteiger partial charge on any atom is 0.492 e. The second kappa shape index (κ2) is 3.44. The summed E-state index contributed by atoms with van der Waals surface area (Å²) < 4.78 is 60.6. The van der Waals surface area contributed by atoms with Gasteiger partial charge in [0.15, 0.2) is 0 Å². The Morgan fingerprint density at radius 1 is 1.08 bits per heavy atom. The number of halogens is 5. The zero-order valence-corrected chi connectivity index (χ0v) is 6.95. The Hall–Kier alpha value is -0.325. The minimum atomic E-state index is -4.88. The van der Waals surface area contributed by atoms with Gasteiger partial charge < -0.3 is 17.8 Å². The van der Waals surface area contributed by atoms with Crippen LogP contribution in [0.15, 0.2) is 0 Å². The molecule has 1 saturated heterocycles. The SMILES string of the molecule is F[B-](F)(F)CN1CCC(F)(F)CC1. The zero-order valence-electron chi connectivity index (χ0n) is 6.95. The molecule has 0 bridgehead atoms. The number of piperidine rings is 1. The lowest BCUT2D eigenvalue weighted by Gasteiger charge is -2.34. The van der Waals surface area contributed by atoms with Gasteiger partial charge in [-0.3, -0.25) is 0 Å². The fourth-order valence-electron chi connectivity index (χ4n) is 1.36. The monoisotopic (exact) mass is 202 g/mol. The predicted octanol–water partition coefficient (Wildman–Crippen LogP) is 2.10. The molecule has 13 heavy (non-hydrogen) atoms. The van der Waals surface area contributed by atoms with E-state index in [2.05, 4.69) is 0 Å². The van der Waals surface area contributed by atoms with Gasteiger partial charge >= 0.3 is 6.98 Å². The third-order valence-electron chi connectivity index (χ3n) is 2.05. The minimum absolute atomic E-state index is 0.158. The molecule has 0 spiro atoms. The third-order valence-corrected chi connectivity index (χ3v) is 2.05. The minimum Gasteiger partial charge on any atom is -0.448 e. The van der Waals surface area contributed by atoms with Gasteiger partial charge in [0.2, 0.25) is 0 Å². The Kier molecular flexibility index (Phi) is 2.84. The van der Waals surface area contributed by atoms with Crippen molar-refractivity contribution in [1.82, 2.24) is 4.90 Å². The Morgan fingerprint density at radius 3 is 1.92 bits per heavy atom. The van der Waals surface area contributed by atoms with E-state index in [0.717, 1.165) is 4.90 Å². The molecule has 1 fully saturated rings. The van der Waals surface area contributed by atoms with E-state index in [1.54, 1.807) is 0 Å². The van der Waals surface area contributed by atoms with Gasteiger partial charge in [-0.1, -0.05) is 0 Å². The normalized spacial score (nSPS) is 24.7. The molecule has 0 amide bonds. The Labute approximate surface area is 73.0 Å². The lowest BCUT2D eigenvalue weighted by Crippen LogP contribution is -2.45. The van der Waals surface area contributed by atoms with E-state index in [0.29, 0.717) is 0 Å². The maximum atomic E-state index is 12.5. The highest BCUT2D eigenvalue weighted by Crippen LogP contribution is 2.28. The largest absolute Gasteiger partial charge is 0.492 e. The van der Waals surface area contributed by atoms with Gasteiger partial charge in [-0.05, 0) is 6.44 Å². The van der Waals surface area contributed by atoms with E-state index in [-0.39, 0.29) is 13.1 Å². The number of likely N-dealkylation sites (tertiary alicyclic amines) is 1. The van der Waals surface area contributed by atoms with Crippen LogP contribution in [0.2, 0.25) is 0 Å². The standard InChI is InChI=1S/C6H10BF5N/c8-6(9)1-3-13(4-2-6)5-7(10,11)12/h1-5H2/q-1. The summed E-state index contributed by atoms with van der Waals surface area (Å²) in [7, 11) is 0. The summed E-state index contributed by atoms with van der Waals surface area (Å²) in [5.74, 6) is -2.77. The van der Waals surface area contributed by atoms with E-state index in [9.17, 15) is 21.7 Å². The molecule has 0 aliphatic carbocycles. The first-order chi connectivity index (χ1) is 5.79. The smallest absolute Gasteiger partial charge is 0.448 e. The molecule has 0 atom stereocenters. The lowest BCUT2D eigenvalue weighted by atomic mass is 9.90. The van der Waals surface area contributed by atoms with Crippen LogP contribution in [0.1, 0.15) is 12.8 Å². The van der Waals surface area contributed by atoms with Crippen molar-refractivity contribution in [2.24, 2.45) is 0 Å². The Bertz CT molecular complexity index is 170.